The van der Waals surface area contributed by atoms with Gasteiger partial charge in [-0.15, -0.1) is 0 Å². The van der Waals surface area contributed by atoms with Crippen LogP contribution in [0.4, 0.5) is 4.39 Å². The van der Waals surface area contributed by atoms with E-state index in [4.69, 9.17) is 0 Å². The van der Waals surface area contributed by atoms with Gasteiger partial charge >= 0.3 is 0 Å². The second kappa shape index (κ2) is 6.67. The van der Waals surface area contributed by atoms with Gasteiger partial charge in [-0.3, -0.25) is 0 Å². The Balaban J connectivity index is 1.93. The van der Waals surface area contributed by atoms with Gasteiger partial charge in [0.25, 0.3) is 0 Å². The van der Waals surface area contributed by atoms with Crippen molar-refractivity contribution < 1.29 is 9.50 Å². The minimum Gasteiger partial charge on any atom is -0.392 e. The molecule has 0 fully saturated rings. The summed E-state index contributed by atoms with van der Waals surface area (Å²) in [7, 11) is 0. The zero-order valence-electron chi connectivity index (χ0n) is 12.0. The van der Waals surface area contributed by atoms with Crippen molar-refractivity contribution in [1.82, 2.24) is 0 Å². The van der Waals surface area contributed by atoms with Crippen LogP contribution in [0.15, 0.2) is 48.5 Å². The van der Waals surface area contributed by atoms with E-state index in [1.165, 1.54) is 17.7 Å². The molecule has 0 aliphatic rings. The van der Waals surface area contributed by atoms with E-state index < -0.39 is 6.10 Å². The van der Waals surface area contributed by atoms with Gasteiger partial charge in [0.05, 0.1) is 6.10 Å². The zero-order chi connectivity index (χ0) is 14.5. The third-order valence-corrected chi connectivity index (χ3v) is 3.50. The van der Waals surface area contributed by atoms with Gasteiger partial charge in [-0.1, -0.05) is 50.2 Å². The first-order valence-electron chi connectivity index (χ1n) is 7.06. The van der Waals surface area contributed by atoms with Crippen LogP contribution in [0.3, 0.4) is 0 Å². The van der Waals surface area contributed by atoms with Crippen molar-refractivity contribution >= 4 is 0 Å². The van der Waals surface area contributed by atoms with E-state index in [2.05, 4.69) is 38.1 Å². The molecule has 0 heterocycles. The Hall–Kier alpha value is -1.67. The van der Waals surface area contributed by atoms with E-state index >= 15 is 0 Å². The molecule has 2 heteroatoms. The number of halogens is 1. The molecule has 0 radical (unpaired) electrons. The highest BCUT2D eigenvalue weighted by Crippen LogP contribution is 2.16. The summed E-state index contributed by atoms with van der Waals surface area (Å²) in [6.45, 7) is 4.33. The quantitative estimate of drug-likeness (QED) is 0.869. The molecule has 0 saturated heterocycles. The van der Waals surface area contributed by atoms with Crippen molar-refractivity contribution in [2.45, 2.75) is 38.7 Å². The van der Waals surface area contributed by atoms with E-state index in [9.17, 15) is 9.50 Å². The van der Waals surface area contributed by atoms with Gasteiger partial charge in [0.1, 0.15) is 5.82 Å². The average molecular weight is 272 g/mol. The normalized spacial score (nSPS) is 12.7. The van der Waals surface area contributed by atoms with Crippen LogP contribution in [-0.2, 0) is 12.8 Å². The summed E-state index contributed by atoms with van der Waals surface area (Å²) in [5, 5.41) is 10.1. The van der Waals surface area contributed by atoms with Crippen LogP contribution in [0.2, 0.25) is 0 Å². The molecule has 1 atom stereocenters. The molecular weight excluding hydrogens is 251 g/mol. The highest BCUT2D eigenvalue weighted by atomic mass is 19.1. The first kappa shape index (κ1) is 14.7. The fourth-order valence-electron chi connectivity index (χ4n) is 2.28. The molecule has 2 aromatic carbocycles. The predicted octanol–water partition coefficient (Wildman–Crippen LogP) is 4.10. The lowest BCUT2D eigenvalue weighted by atomic mass is 9.98. The molecule has 2 aromatic rings. The maximum atomic E-state index is 12.8. The predicted molar refractivity (Wildman–Crippen MR) is 80.3 cm³/mol. The summed E-state index contributed by atoms with van der Waals surface area (Å²) in [6, 6.07) is 14.7. The number of hydrogen-bond donors (Lipinski definition) is 1. The van der Waals surface area contributed by atoms with Gasteiger partial charge < -0.3 is 5.11 Å². The molecule has 0 bridgehead atoms. The van der Waals surface area contributed by atoms with Gasteiger partial charge in [-0.05, 0) is 47.6 Å². The average Bonchev–Trinajstić information content (AvgIpc) is 2.42. The van der Waals surface area contributed by atoms with Gasteiger partial charge in [0.2, 0.25) is 0 Å². The van der Waals surface area contributed by atoms with E-state index in [0.717, 1.165) is 11.1 Å². The maximum Gasteiger partial charge on any atom is 0.123 e. The minimum atomic E-state index is -0.439. The van der Waals surface area contributed by atoms with Crippen LogP contribution >= 0.6 is 0 Å². The van der Waals surface area contributed by atoms with Crippen LogP contribution in [0.1, 0.15) is 36.5 Å². The Kier molecular flexibility index (Phi) is 4.91. The molecule has 0 aliphatic carbocycles. The van der Waals surface area contributed by atoms with Gasteiger partial charge in [0, 0.05) is 0 Å². The van der Waals surface area contributed by atoms with Gasteiger partial charge in [-0.25, -0.2) is 4.39 Å². The van der Waals surface area contributed by atoms with Crippen LogP contribution in [-0.4, -0.2) is 11.2 Å². The lowest BCUT2D eigenvalue weighted by Crippen LogP contribution is -2.14. The SMILES string of the molecule is CC(C)c1ccc(CC(O)Cc2ccc(F)cc2)cc1. The summed E-state index contributed by atoms with van der Waals surface area (Å²) in [4.78, 5) is 0. The van der Waals surface area contributed by atoms with Crippen LogP contribution < -0.4 is 0 Å². The topological polar surface area (TPSA) is 20.2 Å². The monoisotopic (exact) mass is 272 g/mol. The summed E-state index contributed by atoms with van der Waals surface area (Å²) >= 11 is 0. The molecule has 1 N–H and O–H groups in total. The largest absolute Gasteiger partial charge is 0.392 e. The summed E-state index contributed by atoms with van der Waals surface area (Å²) in [5.74, 6) is 0.278. The van der Waals surface area contributed by atoms with Crippen LogP contribution in [0.5, 0.6) is 0 Å². The second-order valence-electron chi connectivity index (χ2n) is 5.58. The fourth-order valence-corrected chi connectivity index (χ4v) is 2.28. The molecule has 0 amide bonds. The molecule has 20 heavy (non-hydrogen) atoms. The van der Waals surface area contributed by atoms with Gasteiger partial charge in [-0.2, -0.15) is 0 Å². The van der Waals surface area contributed by atoms with Crippen molar-refractivity contribution in [3.63, 3.8) is 0 Å². The molecule has 1 unspecified atom stereocenters. The summed E-state index contributed by atoms with van der Waals surface area (Å²) < 4.78 is 12.8. The second-order valence-corrected chi connectivity index (χ2v) is 5.58. The van der Waals surface area contributed by atoms with Crippen molar-refractivity contribution in [2.75, 3.05) is 0 Å². The number of benzene rings is 2. The van der Waals surface area contributed by atoms with E-state index in [0.29, 0.717) is 18.8 Å². The lowest BCUT2D eigenvalue weighted by molar-refractivity contribution is 0.175. The third kappa shape index (κ3) is 4.17. The number of hydrogen-bond acceptors (Lipinski definition) is 1. The molecular formula is C18H21FO. The first-order valence-corrected chi connectivity index (χ1v) is 7.06. The Morgan fingerprint density at radius 3 is 1.75 bits per heavy atom. The van der Waals surface area contributed by atoms with E-state index in [1.807, 2.05) is 0 Å². The zero-order valence-corrected chi connectivity index (χ0v) is 12.0. The maximum absolute atomic E-state index is 12.8. The van der Waals surface area contributed by atoms with Crippen LogP contribution in [0.25, 0.3) is 0 Å². The van der Waals surface area contributed by atoms with E-state index in [1.54, 1.807) is 12.1 Å². The van der Waals surface area contributed by atoms with Crippen molar-refractivity contribution in [3.05, 3.63) is 71.0 Å². The Bertz CT molecular complexity index is 528. The molecule has 2 rings (SSSR count). The summed E-state index contributed by atoms with van der Waals surface area (Å²) in [6.07, 6.45) is 0.729. The molecule has 0 aliphatic heterocycles. The smallest absolute Gasteiger partial charge is 0.123 e. The lowest BCUT2D eigenvalue weighted by Gasteiger charge is -2.12. The number of aliphatic hydroxyl groups excluding tert-OH is 1. The Labute approximate surface area is 120 Å². The first-order chi connectivity index (χ1) is 9.54. The van der Waals surface area contributed by atoms with E-state index in [-0.39, 0.29) is 5.82 Å². The summed E-state index contributed by atoms with van der Waals surface area (Å²) in [5.41, 5.74) is 3.39. The van der Waals surface area contributed by atoms with Gasteiger partial charge in [0.15, 0.2) is 0 Å². The molecule has 0 spiro atoms. The third-order valence-electron chi connectivity index (χ3n) is 3.50. The van der Waals surface area contributed by atoms with Crippen molar-refractivity contribution in [3.8, 4) is 0 Å². The van der Waals surface area contributed by atoms with Crippen LogP contribution in [0, 0.1) is 5.82 Å². The van der Waals surface area contributed by atoms with Crippen molar-refractivity contribution in [2.24, 2.45) is 0 Å². The molecule has 0 aromatic heterocycles. The molecule has 106 valence electrons. The highest BCUT2D eigenvalue weighted by Gasteiger charge is 2.08. The van der Waals surface area contributed by atoms with Crippen molar-refractivity contribution in [1.29, 1.82) is 0 Å². The minimum absolute atomic E-state index is 0.243. The molecule has 0 saturated carbocycles. The number of aliphatic hydroxyl groups is 1. The standard InChI is InChI=1S/C18H21FO/c1-13(2)16-7-3-14(4-8-16)11-18(20)12-15-5-9-17(19)10-6-15/h3-10,13,18,20H,11-12H2,1-2H3. The molecule has 1 nitrogen and oxygen atoms in total. The Morgan fingerprint density at radius 2 is 1.30 bits per heavy atom. The fraction of sp³-hybridized carbons (Fsp3) is 0.333. The number of rotatable bonds is 5. The highest BCUT2D eigenvalue weighted by molar-refractivity contribution is 5.25. The Morgan fingerprint density at radius 1 is 0.850 bits per heavy atom.